The summed E-state index contributed by atoms with van der Waals surface area (Å²) < 4.78 is 39.5. The number of ketones is 1. The summed E-state index contributed by atoms with van der Waals surface area (Å²) in [7, 11) is -1.85. The number of benzene rings is 2. The molecule has 0 saturated carbocycles. The van der Waals surface area contributed by atoms with Crippen molar-refractivity contribution in [3.05, 3.63) is 98.7 Å². The Morgan fingerprint density at radius 3 is 2.33 bits per heavy atom. The van der Waals surface area contributed by atoms with Gasteiger partial charge in [0.25, 0.3) is 0 Å². The molecule has 2 aromatic carbocycles. The van der Waals surface area contributed by atoms with Crippen LogP contribution in [0.4, 0.5) is 4.39 Å². The Bertz CT molecular complexity index is 1270. The van der Waals surface area contributed by atoms with Crippen molar-refractivity contribution in [2.45, 2.75) is 17.2 Å². The molecule has 1 heterocycles. The van der Waals surface area contributed by atoms with Crippen LogP contribution in [0.3, 0.4) is 0 Å². The maximum Gasteiger partial charge on any atom is 0.250 e. The number of aromatic nitrogens is 1. The van der Waals surface area contributed by atoms with Crippen LogP contribution in [-0.4, -0.2) is 25.0 Å². The molecule has 3 rings (SSSR count). The Labute approximate surface area is 178 Å². The fourth-order valence-corrected chi connectivity index (χ4v) is 3.99. The first-order valence-corrected chi connectivity index (χ1v) is 11.3. The number of carbonyl (C=O) groups is 1. The average molecular weight is 448 g/mol. The van der Waals surface area contributed by atoms with E-state index in [1.165, 1.54) is 53.2 Å². The molecule has 0 fully saturated rings. The van der Waals surface area contributed by atoms with Crippen LogP contribution in [0, 0.1) is 5.82 Å². The minimum Gasteiger partial charge on any atom is -0.318 e. The molecule has 3 aromatic rings. The van der Waals surface area contributed by atoms with Gasteiger partial charge in [-0.1, -0.05) is 29.8 Å². The summed E-state index contributed by atoms with van der Waals surface area (Å²) in [5, 5.41) is 0.229. The monoisotopic (exact) mass is 447 g/mol. The van der Waals surface area contributed by atoms with Crippen molar-refractivity contribution >= 4 is 27.2 Å². The molecule has 5 nitrogen and oxygen atoms in total. The van der Waals surface area contributed by atoms with Crippen molar-refractivity contribution in [3.8, 4) is 0 Å². The lowest BCUT2D eigenvalue weighted by atomic mass is 9.85. The second-order valence-corrected chi connectivity index (χ2v) is 9.51. The van der Waals surface area contributed by atoms with Crippen LogP contribution in [0.15, 0.2) is 70.5 Å². The first-order valence-electron chi connectivity index (χ1n) is 9.01. The minimum absolute atomic E-state index is 0.0744. The molecular formula is C22H19ClFNO4S. The van der Waals surface area contributed by atoms with E-state index in [2.05, 4.69) is 0 Å². The molecule has 1 aromatic heterocycles. The summed E-state index contributed by atoms with van der Waals surface area (Å²) >= 11 is 5.87. The lowest BCUT2D eigenvalue weighted by molar-refractivity contribution is 0.0976. The molecule has 0 saturated heterocycles. The molecule has 156 valence electrons. The van der Waals surface area contributed by atoms with E-state index >= 15 is 0 Å². The Kier molecular flexibility index (Phi) is 6.24. The second kappa shape index (κ2) is 8.53. The van der Waals surface area contributed by atoms with Gasteiger partial charge < -0.3 is 4.57 Å². The number of rotatable bonds is 6. The molecule has 30 heavy (non-hydrogen) atoms. The van der Waals surface area contributed by atoms with Crippen LogP contribution in [0.25, 0.3) is 0 Å². The van der Waals surface area contributed by atoms with Gasteiger partial charge in [0.1, 0.15) is 5.82 Å². The van der Waals surface area contributed by atoms with Gasteiger partial charge in [-0.25, -0.2) is 12.8 Å². The molecule has 0 radical (unpaired) electrons. The molecule has 0 aliphatic heterocycles. The third-order valence-corrected chi connectivity index (χ3v) is 6.21. The predicted molar refractivity (Wildman–Crippen MR) is 113 cm³/mol. The van der Waals surface area contributed by atoms with Gasteiger partial charge in [-0.2, -0.15) is 0 Å². The predicted octanol–water partition coefficient (Wildman–Crippen LogP) is 3.99. The summed E-state index contributed by atoms with van der Waals surface area (Å²) in [6.07, 6.45) is 2.46. The molecule has 0 aliphatic rings. The maximum atomic E-state index is 14.7. The Morgan fingerprint density at radius 1 is 1.10 bits per heavy atom. The van der Waals surface area contributed by atoms with E-state index in [0.717, 1.165) is 6.26 Å². The zero-order valence-electron chi connectivity index (χ0n) is 16.3. The van der Waals surface area contributed by atoms with E-state index in [4.69, 9.17) is 11.6 Å². The first-order chi connectivity index (χ1) is 14.1. The fraction of sp³-hybridized carbons (Fsp3) is 0.182. The topological polar surface area (TPSA) is 73.2 Å². The van der Waals surface area contributed by atoms with Gasteiger partial charge in [0.15, 0.2) is 15.6 Å². The highest BCUT2D eigenvalue weighted by Crippen LogP contribution is 2.33. The molecular weight excluding hydrogens is 429 g/mol. The zero-order chi connectivity index (χ0) is 22.1. The fourth-order valence-electron chi connectivity index (χ4n) is 3.20. The number of hydrogen-bond acceptors (Lipinski definition) is 4. The molecule has 1 unspecified atom stereocenters. The number of nitrogens with zero attached hydrogens (tertiary/aromatic N) is 1. The summed E-state index contributed by atoms with van der Waals surface area (Å²) in [6.45, 7) is 0. The van der Waals surface area contributed by atoms with Gasteiger partial charge in [0.2, 0.25) is 5.56 Å². The van der Waals surface area contributed by atoms with Gasteiger partial charge in [-0.3, -0.25) is 9.59 Å². The van der Waals surface area contributed by atoms with Crippen molar-refractivity contribution in [3.63, 3.8) is 0 Å². The highest BCUT2D eigenvalue weighted by Gasteiger charge is 2.23. The number of sulfone groups is 1. The molecule has 0 spiro atoms. The van der Waals surface area contributed by atoms with E-state index < -0.39 is 21.6 Å². The van der Waals surface area contributed by atoms with Crippen LogP contribution in [0.5, 0.6) is 0 Å². The summed E-state index contributed by atoms with van der Waals surface area (Å²) in [5.41, 5.74) is 0.930. The van der Waals surface area contributed by atoms with Gasteiger partial charge in [0.05, 0.1) is 4.90 Å². The highest BCUT2D eigenvalue weighted by atomic mass is 35.5. The molecule has 0 amide bonds. The van der Waals surface area contributed by atoms with Crippen LogP contribution >= 0.6 is 11.6 Å². The summed E-state index contributed by atoms with van der Waals surface area (Å²) in [6, 6.07) is 13.0. The minimum atomic E-state index is -3.39. The zero-order valence-corrected chi connectivity index (χ0v) is 17.9. The largest absolute Gasteiger partial charge is 0.318 e. The van der Waals surface area contributed by atoms with Crippen molar-refractivity contribution in [1.82, 2.24) is 4.57 Å². The third kappa shape index (κ3) is 4.86. The lowest BCUT2D eigenvalue weighted by Crippen LogP contribution is -2.18. The van der Waals surface area contributed by atoms with Gasteiger partial charge in [0, 0.05) is 48.5 Å². The second-order valence-electron chi connectivity index (χ2n) is 7.05. The highest BCUT2D eigenvalue weighted by molar-refractivity contribution is 7.90. The average Bonchev–Trinajstić information content (AvgIpc) is 2.68. The van der Waals surface area contributed by atoms with E-state index in [1.54, 1.807) is 19.2 Å². The summed E-state index contributed by atoms with van der Waals surface area (Å²) in [4.78, 5) is 24.6. The number of hydrogen-bond donors (Lipinski definition) is 0. The quantitative estimate of drug-likeness (QED) is 0.535. The lowest BCUT2D eigenvalue weighted by Gasteiger charge is -2.19. The normalized spacial score (nSPS) is 12.5. The Balaban J connectivity index is 2.04. The van der Waals surface area contributed by atoms with Crippen LogP contribution in [0.2, 0.25) is 5.02 Å². The molecule has 0 N–H and O–H groups in total. The van der Waals surface area contributed by atoms with E-state index in [1.807, 2.05) is 0 Å². The molecule has 0 bridgehead atoms. The Hall–Kier alpha value is -2.77. The first kappa shape index (κ1) is 21.9. The van der Waals surface area contributed by atoms with Crippen LogP contribution in [-0.2, 0) is 16.9 Å². The SMILES string of the molecule is Cn1cc(C(=O)CC(c2ccc(S(C)(=O)=O)cc2)c2ccc(Cl)cc2F)ccc1=O. The van der Waals surface area contributed by atoms with Gasteiger partial charge in [-0.15, -0.1) is 0 Å². The number of pyridine rings is 1. The van der Waals surface area contributed by atoms with Crippen LogP contribution in [0.1, 0.15) is 33.8 Å². The van der Waals surface area contributed by atoms with E-state index in [-0.39, 0.29) is 33.2 Å². The number of aryl methyl sites for hydroxylation is 1. The number of carbonyl (C=O) groups excluding carboxylic acids is 1. The van der Waals surface area contributed by atoms with E-state index in [9.17, 15) is 22.4 Å². The molecule has 0 aliphatic carbocycles. The number of halogens is 2. The van der Waals surface area contributed by atoms with Gasteiger partial charge in [-0.05, 0) is 41.5 Å². The maximum absolute atomic E-state index is 14.7. The van der Waals surface area contributed by atoms with Crippen LogP contribution < -0.4 is 5.56 Å². The van der Waals surface area contributed by atoms with Crippen molar-refractivity contribution in [2.75, 3.05) is 6.26 Å². The van der Waals surface area contributed by atoms with Gasteiger partial charge >= 0.3 is 0 Å². The van der Waals surface area contributed by atoms with E-state index in [0.29, 0.717) is 11.1 Å². The summed E-state index contributed by atoms with van der Waals surface area (Å²) in [5.74, 6) is -1.51. The smallest absolute Gasteiger partial charge is 0.250 e. The Morgan fingerprint density at radius 2 is 1.77 bits per heavy atom. The van der Waals surface area contributed by atoms with Crippen molar-refractivity contribution in [2.24, 2.45) is 7.05 Å². The molecule has 1 atom stereocenters. The third-order valence-electron chi connectivity index (χ3n) is 4.85. The van der Waals surface area contributed by atoms with Crippen molar-refractivity contribution < 1.29 is 17.6 Å². The standard InChI is InChI=1S/C22H19ClFNO4S/c1-25-13-15(5-10-22(25)27)21(26)12-19(18-9-6-16(23)11-20(18)24)14-3-7-17(8-4-14)30(2,28)29/h3-11,13,19H,12H2,1-2H3. The van der Waals surface area contributed by atoms with Crippen molar-refractivity contribution in [1.29, 1.82) is 0 Å². The number of Topliss-reactive ketones (excluding diaryl/α,β-unsaturated/α-hetero) is 1. The molecule has 8 heteroatoms.